The highest BCUT2D eigenvalue weighted by atomic mass is 19.1. The summed E-state index contributed by atoms with van der Waals surface area (Å²) in [4.78, 5) is 36.0. The van der Waals surface area contributed by atoms with Crippen LogP contribution < -0.4 is 15.1 Å². The molecule has 3 amide bonds. The second kappa shape index (κ2) is 9.45. The topological polar surface area (TPSA) is 95.8 Å². The first-order chi connectivity index (χ1) is 17.9. The van der Waals surface area contributed by atoms with E-state index in [0.29, 0.717) is 49.5 Å². The summed E-state index contributed by atoms with van der Waals surface area (Å²) in [6.45, 7) is 11.5. The van der Waals surface area contributed by atoms with Crippen LogP contribution in [0.25, 0.3) is 10.9 Å². The molecule has 2 aliphatic rings. The summed E-state index contributed by atoms with van der Waals surface area (Å²) in [6, 6.07) is 3.08. The predicted octanol–water partition coefficient (Wildman–Crippen LogP) is 4.46. The second-order valence-corrected chi connectivity index (χ2v) is 11.0. The van der Waals surface area contributed by atoms with Crippen LogP contribution in [0, 0.1) is 12.7 Å². The number of anilines is 3. The minimum absolute atomic E-state index is 0.0446. The van der Waals surface area contributed by atoms with Crippen LogP contribution in [-0.4, -0.2) is 69.6 Å². The van der Waals surface area contributed by atoms with Gasteiger partial charge in [0.15, 0.2) is 5.82 Å². The SMILES string of the molecule is Cc1c(F)c(NC(=O)N2CCc3c(N4CCN(C(=O)OC(C)(C)C)[C@@H](C)C4)ccnc32)cc2cn(C)nc12. The van der Waals surface area contributed by atoms with Crippen LogP contribution in [0.5, 0.6) is 0 Å². The van der Waals surface area contributed by atoms with E-state index in [2.05, 4.69) is 20.3 Å². The van der Waals surface area contributed by atoms with Gasteiger partial charge < -0.3 is 19.9 Å². The number of piperazine rings is 1. The number of benzene rings is 1. The fourth-order valence-electron chi connectivity index (χ4n) is 5.24. The molecule has 0 saturated carbocycles. The van der Waals surface area contributed by atoms with Crippen molar-refractivity contribution in [1.82, 2.24) is 19.7 Å². The van der Waals surface area contributed by atoms with Crippen molar-refractivity contribution in [1.29, 1.82) is 0 Å². The lowest BCUT2D eigenvalue weighted by Crippen LogP contribution is -2.55. The van der Waals surface area contributed by atoms with Gasteiger partial charge >= 0.3 is 12.1 Å². The van der Waals surface area contributed by atoms with Crippen molar-refractivity contribution in [2.45, 2.75) is 52.7 Å². The van der Waals surface area contributed by atoms with Gasteiger partial charge in [-0.25, -0.2) is 19.0 Å². The van der Waals surface area contributed by atoms with Crippen LogP contribution >= 0.6 is 0 Å². The number of fused-ring (bicyclic) bond motifs is 2. The van der Waals surface area contributed by atoms with Crippen LogP contribution in [0.15, 0.2) is 24.5 Å². The van der Waals surface area contributed by atoms with E-state index in [4.69, 9.17) is 4.74 Å². The maximum Gasteiger partial charge on any atom is 0.410 e. The van der Waals surface area contributed by atoms with Gasteiger partial charge in [0, 0.05) is 73.9 Å². The number of amides is 3. The summed E-state index contributed by atoms with van der Waals surface area (Å²) in [5, 5.41) is 7.80. The number of pyridine rings is 1. The Morgan fingerprint density at radius 2 is 1.97 bits per heavy atom. The van der Waals surface area contributed by atoms with Gasteiger partial charge in [0.2, 0.25) is 0 Å². The molecule has 5 rings (SSSR count). The summed E-state index contributed by atoms with van der Waals surface area (Å²) in [5.41, 5.74) is 2.50. The summed E-state index contributed by atoms with van der Waals surface area (Å²) in [7, 11) is 1.78. The molecule has 4 heterocycles. The van der Waals surface area contributed by atoms with Crippen molar-refractivity contribution in [3.63, 3.8) is 0 Å². The number of carbonyl (C=O) groups excluding carboxylic acids is 2. The van der Waals surface area contributed by atoms with Crippen molar-refractivity contribution >= 4 is 40.2 Å². The first-order valence-corrected chi connectivity index (χ1v) is 12.9. The number of hydrogen-bond acceptors (Lipinski definition) is 6. The molecule has 202 valence electrons. The van der Waals surface area contributed by atoms with Crippen molar-refractivity contribution in [2.75, 3.05) is 41.3 Å². The number of urea groups is 1. The zero-order valence-corrected chi connectivity index (χ0v) is 22.7. The molecule has 0 bridgehead atoms. The molecule has 1 fully saturated rings. The fourth-order valence-corrected chi connectivity index (χ4v) is 5.24. The highest BCUT2D eigenvalue weighted by Crippen LogP contribution is 2.36. The number of halogens is 1. The quantitative estimate of drug-likeness (QED) is 0.533. The molecule has 38 heavy (non-hydrogen) atoms. The average Bonchev–Trinajstić information content (AvgIpc) is 3.44. The highest BCUT2D eigenvalue weighted by molar-refractivity contribution is 6.04. The zero-order chi connectivity index (χ0) is 27.4. The molecule has 0 radical (unpaired) electrons. The summed E-state index contributed by atoms with van der Waals surface area (Å²) in [6.07, 6.45) is 3.81. The smallest absolute Gasteiger partial charge is 0.410 e. The van der Waals surface area contributed by atoms with Gasteiger partial charge in [-0.2, -0.15) is 5.10 Å². The van der Waals surface area contributed by atoms with Gasteiger partial charge in [-0.15, -0.1) is 0 Å². The molecule has 10 nitrogen and oxygen atoms in total. The number of aryl methyl sites for hydroxylation is 2. The van der Waals surface area contributed by atoms with Crippen LogP contribution in [0.3, 0.4) is 0 Å². The summed E-state index contributed by atoms with van der Waals surface area (Å²) >= 11 is 0. The molecule has 3 aromatic rings. The lowest BCUT2D eigenvalue weighted by atomic mass is 10.1. The molecule has 2 aliphatic heterocycles. The summed E-state index contributed by atoms with van der Waals surface area (Å²) < 4.78 is 22.3. The Morgan fingerprint density at radius 1 is 1.21 bits per heavy atom. The van der Waals surface area contributed by atoms with E-state index in [1.165, 1.54) is 0 Å². The number of carbonyl (C=O) groups is 2. The van der Waals surface area contributed by atoms with Crippen LogP contribution in [0.2, 0.25) is 0 Å². The highest BCUT2D eigenvalue weighted by Gasteiger charge is 2.34. The normalized spacial score (nSPS) is 17.7. The zero-order valence-electron chi connectivity index (χ0n) is 22.7. The number of nitrogens with one attached hydrogen (secondary N) is 1. The van der Waals surface area contributed by atoms with Crippen LogP contribution in [0.4, 0.5) is 31.2 Å². The van der Waals surface area contributed by atoms with Gasteiger partial charge in [-0.05, 0) is 53.2 Å². The Balaban J connectivity index is 1.33. The molecule has 0 aliphatic carbocycles. The van der Waals surface area contributed by atoms with Crippen molar-refractivity contribution < 1.29 is 18.7 Å². The third-order valence-electron chi connectivity index (χ3n) is 7.01. The molecule has 0 unspecified atom stereocenters. The minimum Gasteiger partial charge on any atom is -0.444 e. The van der Waals surface area contributed by atoms with Crippen LogP contribution in [-0.2, 0) is 18.2 Å². The second-order valence-electron chi connectivity index (χ2n) is 11.0. The van der Waals surface area contributed by atoms with E-state index in [1.807, 2.05) is 33.8 Å². The molecule has 1 aromatic carbocycles. The molecule has 0 spiro atoms. The van der Waals surface area contributed by atoms with Crippen LogP contribution in [0.1, 0.15) is 38.8 Å². The lowest BCUT2D eigenvalue weighted by Gasteiger charge is -2.41. The molecular weight excluding hydrogens is 489 g/mol. The predicted molar refractivity (Wildman–Crippen MR) is 144 cm³/mol. The Morgan fingerprint density at radius 3 is 2.68 bits per heavy atom. The van der Waals surface area contributed by atoms with E-state index in [9.17, 15) is 9.59 Å². The number of ether oxygens (including phenoxy) is 1. The number of nitrogens with zero attached hydrogens (tertiary/aromatic N) is 6. The summed E-state index contributed by atoms with van der Waals surface area (Å²) in [5.74, 6) is 0.0735. The van der Waals surface area contributed by atoms with Gasteiger partial charge in [-0.3, -0.25) is 9.58 Å². The minimum atomic E-state index is -0.546. The number of hydrogen-bond donors (Lipinski definition) is 1. The molecule has 2 aromatic heterocycles. The van der Waals surface area contributed by atoms with E-state index in [-0.39, 0.29) is 17.8 Å². The maximum atomic E-state index is 15.1. The fraction of sp³-hybridized carbons (Fsp3) is 0.481. The molecule has 1 saturated heterocycles. The first-order valence-electron chi connectivity index (χ1n) is 12.9. The van der Waals surface area contributed by atoms with Crippen molar-refractivity contribution in [3.05, 3.63) is 41.5 Å². The van der Waals surface area contributed by atoms with Gasteiger partial charge in [0.05, 0.1) is 11.2 Å². The molecule has 11 heteroatoms. The molecule has 1 N–H and O–H groups in total. The van der Waals surface area contributed by atoms with Gasteiger partial charge in [0.1, 0.15) is 11.4 Å². The van der Waals surface area contributed by atoms with Crippen molar-refractivity contribution in [3.8, 4) is 0 Å². The van der Waals surface area contributed by atoms with Crippen molar-refractivity contribution in [2.24, 2.45) is 7.05 Å². The molecular formula is C27H34FN7O3. The number of aromatic nitrogens is 3. The lowest BCUT2D eigenvalue weighted by molar-refractivity contribution is 0.0159. The Labute approximate surface area is 221 Å². The maximum absolute atomic E-state index is 15.1. The third kappa shape index (κ3) is 4.72. The van der Waals surface area contributed by atoms with Gasteiger partial charge in [0.25, 0.3) is 0 Å². The Bertz CT molecular complexity index is 1410. The Hall–Kier alpha value is -3.89. The first kappa shape index (κ1) is 25.7. The van der Waals surface area contributed by atoms with E-state index in [0.717, 1.165) is 16.6 Å². The van der Waals surface area contributed by atoms with E-state index >= 15 is 4.39 Å². The van der Waals surface area contributed by atoms with E-state index < -0.39 is 17.4 Å². The third-order valence-corrected chi connectivity index (χ3v) is 7.01. The number of rotatable bonds is 2. The standard InChI is InChI=1S/C27H34FN7O3/c1-16-14-33(11-12-34(16)26(37)38-27(3,4)5)21-7-9-29-24-19(21)8-10-35(24)25(36)30-20-13-18-15-32(6)31-23(18)17(2)22(20)28/h7,9,13,15-16H,8,10-12,14H2,1-6H3,(H,30,36)/t16-/m0/s1. The van der Waals surface area contributed by atoms with Gasteiger partial charge in [-0.1, -0.05) is 0 Å². The largest absolute Gasteiger partial charge is 0.444 e. The Kier molecular flexibility index (Phi) is 6.40. The monoisotopic (exact) mass is 523 g/mol. The van der Waals surface area contributed by atoms with E-state index in [1.54, 1.807) is 46.9 Å². The molecule has 1 atom stereocenters. The average molecular weight is 524 g/mol.